The van der Waals surface area contributed by atoms with Crippen molar-refractivity contribution in [2.75, 3.05) is 0 Å². The van der Waals surface area contributed by atoms with Crippen LogP contribution in [0.2, 0.25) is 5.02 Å². The van der Waals surface area contributed by atoms with Gasteiger partial charge < -0.3 is 0 Å². The summed E-state index contributed by atoms with van der Waals surface area (Å²) in [5.74, 6) is 0.0636. The van der Waals surface area contributed by atoms with E-state index in [0.717, 1.165) is 16.7 Å². The number of carbonyl (C=O) groups is 1. The molecular weight excluding hydrogens is 354 g/mol. The van der Waals surface area contributed by atoms with E-state index in [2.05, 4.69) is 10.2 Å². The molecule has 1 unspecified atom stereocenters. The summed E-state index contributed by atoms with van der Waals surface area (Å²) in [4.78, 5) is 14.2. The smallest absolute Gasteiger partial charge is 0.242 e. The zero-order valence-electron chi connectivity index (χ0n) is 14.0. The first kappa shape index (κ1) is 17.7. The lowest BCUT2D eigenvalue weighted by Gasteiger charge is -2.16. The monoisotopic (exact) mass is 371 g/mol. The molecular formula is C19H18ClN3OS. The molecule has 1 saturated heterocycles. The minimum Gasteiger partial charge on any atom is -0.284 e. The van der Waals surface area contributed by atoms with Crippen molar-refractivity contribution in [1.82, 2.24) is 4.90 Å². The van der Waals surface area contributed by atoms with Crippen molar-refractivity contribution in [2.24, 2.45) is 10.2 Å². The van der Waals surface area contributed by atoms with Crippen LogP contribution in [0.5, 0.6) is 0 Å². The molecule has 1 atom stereocenters. The summed E-state index contributed by atoms with van der Waals surface area (Å²) in [6.07, 6.45) is 1.66. The van der Waals surface area contributed by atoms with E-state index < -0.39 is 0 Å². The highest BCUT2D eigenvalue weighted by molar-refractivity contribution is 8.15. The first-order valence-electron chi connectivity index (χ1n) is 7.94. The van der Waals surface area contributed by atoms with Crippen LogP contribution in [0.15, 0.2) is 58.7 Å². The molecule has 4 nitrogen and oxygen atoms in total. The molecule has 1 amide bonds. The fourth-order valence-corrected chi connectivity index (χ4v) is 3.51. The number of halogens is 1. The fraction of sp³-hybridized carbons (Fsp3) is 0.211. The second-order valence-electron chi connectivity index (χ2n) is 5.79. The lowest BCUT2D eigenvalue weighted by molar-refractivity contribution is -0.126. The fourth-order valence-electron chi connectivity index (χ4n) is 2.46. The molecule has 0 aromatic heterocycles. The zero-order chi connectivity index (χ0) is 17.8. The third kappa shape index (κ3) is 4.30. The Balaban J connectivity index is 1.79. The van der Waals surface area contributed by atoms with Gasteiger partial charge in [0, 0.05) is 5.02 Å². The number of amides is 1. The molecule has 0 aliphatic carbocycles. The minimum absolute atomic E-state index is 0.0636. The Kier molecular flexibility index (Phi) is 5.56. The molecule has 1 aliphatic rings. The third-order valence-electron chi connectivity index (χ3n) is 3.94. The lowest BCUT2D eigenvalue weighted by Crippen LogP contribution is -2.31. The van der Waals surface area contributed by atoms with Gasteiger partial charge in [0.1, 0.15) is 0 Å². The van der Waals surface area contributed by atoms with Crippen molar-refractivity contribution in [2.45, 2.75) is 25.6 Å². The summed E-state index contributed by atoms with van der Waals surface area (Å²) < 4.78 is 0. The highest BCUT2D eigenvalue weighted by Crippen LogP contribution is 2.29. The summed E-state index contributed by atoms with van der Waals surface area (Å²) in [7, 11) is 0. The molecule has 128 valence electrons. The molecule has 2 aromatic carbocycles. The van der Waals surface area contributed by atoms with Gasteiger partial charge in [-0.15, -0.1) is 5.10 Å². The molecule has 2 aromatic rings. The van der Waals surface area contributed by atoms with Gasteiger partial charge in [-0.05, 0) is 42.7 Å². The van der Waals surface area contributed by atoms with Crippen molar-refractivity contribution in [1.29, 1.82) is 0 Å². The number of aryl methyl sites for hydroxylation is 1. The number of carbonyl (C=O) groups excluding carboxylic acids is 1. The maximum atomic E-state index is 12.5. The maximum Gasteiger partial charge on any atom is 0.242 e. The number of amidine groups is 1. The number of rotatable bonds is 4. The predicted octanol–water partition coefficient (Wildman–Crippen LogP) is 4.50. The largest absolute Gasteiger partial charge is 0.284 e. The van der Waals surface area contributed by atoms with Crippen LogP contribution in [-0.2, 0) is 11.3 Å². The molecule has 0 spiro atoms. The Bertz CT molecular complexity index is 833. The van der Waals surface area contributed by atoms with Gasteiger partial charge in [0.05, 0.1) is 18.0 Å². The van der Waals surface area contributed by atoms with Crippen LogP contribution in [0.25, 0.3) is 0 Å². The Hall–Kier alpha value is -2.11. The topological polar surface area (TPSA) is 45.0 Å². The molecule has 6 heteroatoms. The molecule has 0 saturated carbocycles. The molecule has 0 N–H and O–H groups in total. The first-order valence-corrected chi connectivity index (χ1v) is 9.19. The van der Waals surface area contributed by atoms with E-state index >= 15 is 0 Å². The molecule has 1 aliphatic heterocycles. The summed E-state index contributed by atoms with van der Waals surface area (Å²) in [6.45, 7) is 4.45. The third-order valence-corrected chi connectivity index (χ3v) is 5.26. The first-order chi connectivity index (χ1) is 12.0. The van der Waals surface area contributed by atoms with Crippen molar-refractivity contribution in [3.63, 3.8) is 0 Å². The average molecular weight is 372 g/mol. The van der Waals surface area contributed by atoms with Crippen LogP contribution in [0.3, 0.4) is 0 Å². The number of thioether (sulfide) groups is 1. The summed E-state index contributed by atoms with van der Waals surface area (Å²) in [5, 5.41) is 9.58. The van der Waals surface area contributed by atoms with Crippen LogP contribution < -0.4 is 0 Å². The Morgan fingerprint density at radius 3 is 2.64 bits per heavy atom. The molecule has 0 bridgehead atoms. The highest BCUT2D eigenvalue weighted by atomic mass is 35.5. The van der Waals surface area contributed by atoms with Gasteiger partial charge >= 0.3 is 0 Å². The second-order valence-corrected chi connectivity index (χ2v) is 7.53. The van der Waals surface area contributed by atoms with E-state index in [1.54, 1.807) is 23.2 Å². The molecule has 25 heavy (non-hydrogen) atoms. The maximum absolute atomic E-state index is 12.5. The van der Waals surface area contributed by atoms with Gasteiger partial charge in [0.25, 0.3) is 0 Å². The number of benzene rings is 2. The number of hydrogen-bond donors (Lipinski definition) is 0. The van der Waals surface area contributed by atoms with Crippen molar-refractivity contribution in [3.05, 3.63) is 70.2 Å². The molecule has 0 radical (unpaired) electrons. The normalized spacial score (nSPS) is 19.3. The van der Waals surface area contributed by atoms with Crippen molar-refractivity contribution >= 4 is 40.7 Å². The zero-order valence-corrected chi connectivity index (χ0v) is 15.6. The quantitative estimate of drug-likeness (QED) is 0.586. The van der Waals surface area contributed by atoms with E-state index in [0.29, 0.717) is 16.7 Å². The van der Waals surface area contributed by atoms with Gasteiger partial charge in [0.2, 0.25) is 5.91 Å². The summed E-state index contributed by atoms with van der Waals surface area (Å²) in [6, 6.07) is 15.4. The Morgan fingerprint density at radius 2 is 1.92 bits per heavy atom. The van der Waals surface area contributed by atoms with Crippen LogP contribution in [-0.4, -0.2) is 27.4 Å². The van der Waals surface area contributed by atoms with Gasteiger partial charge in [-0.2, -0.15) is 5.10 Å². The van der Waals surface area contributed by atoms with Gasteiger partial charge in [-0.3, -0.25) is 9.69 Å². The van der Waals surface area contributed by atoms with E-state index in [1.165, 1.54) is 11.8 Å². The van der Waals surface area contributed by atoms with Crippen molar-refractivity contribution < 1.29 is 4.79 Å². The van der Waals surface area contributed by atoms with Gasteiger partial charge in [-0.1, -0.05) is 59.8 Å². The van der Waals surface area contributed by atoms with Crippen LogP contribution >= 0.6 is 23.4 Å². The van der Waals surface area contributed by atoms with Crippen LogP contribution in [0.1, 0.15) is 23.6 Å². The molecule has 3 rings (SSSR count). The van der Waals surface area contributed by atoms with E-state index in [4.69, 9.17) is 11.6 Å². The van der Waals surface area contributed by atoms with Crippen LogP contribution in [0.4, 0.5) is 0 Å². The standard InChI is InChI=1S/C19H18ClN3OS/c1-13-5-3-4-6-16(13)12-23-18(24)14(2)25-19(23)22-21-11-15-7-9-17(20)10-8-15/h3-11,14H,12H2,1-2H3/b21-11+,22-19+. The van der Waals surface area contributed by atoms with E-state index in [1.807, 2.05) is 50.2 Å². The van der Waals surface area contributed by atoms with Crippen molar-refractivity contribution in [3.8, 4) is 0 Å². The van der Waals surface area contributed by atoms with E-state index in [-0.39, 0.29) is 11.2 Å². The van der Waals surface area contributed by atoms with Crippen LogP contribution in [0, 0.1) is 6.92 Å². The highest BCUT2D eigenvalue weighted by Gasteiger charge is 2.35. The number of hydrogen-bond acceptors (Lipinski definition) is 4. The Labute approximate surface area is 156 Å². The number of nitrogens with zero attached hydrogens (tertiary/aromatic N) is 3. The SMILES string of the molecule is Cc1ccccc1CN1C(=O)C(C)S/C1=N/N=C/c1ccc(Cl)cc1. The second kappa shape index (κ2) is 7.85. The summed E-state index contributed by atoms with van der Waals surface area (Å²) >= 11 is 7.31. The molecule has 1 fully saturated rings. The Morgan fingerprint density at radius 1 is 1.20 bits per heavy atom. The average Bonchev–Trinajstić information content (AvgIpc) is 2.86. The predicted molar refractivity (Wildman–Crippen MR) is 105 cm³/mol. The molecule has 1 heterocycles. The lowest BCUT2D eigenvalue weighted by atomic mass is 10.1. The minimum atomic E-state index is -0.145. The van der Waals surface area contributed by atoms with Gasteiger partial charge in [-0.25, -0.2) is 0 Å². The van der Waals surface area contributed by atoms with Gasteiger partial charge in [0.15, 0.2) is 5.17 Å². The summed E-state index contributed by atoms with van der Waals surface area (Å²) in [5.41, 5.74) is 3.17. The van der Waals surface area contributed by atoms with E-state index in [9.17, 15) is 4.79 Å².